The summed E-state index contributed by atoms with van der Waals surface area (Å²) >= 11 is 1.69. The van der Waals surface area contributed by atoms with E-state index in [0.717, 1.165) is 21.9 Å². The van der Waals surface area contributed by atoms with E-state index in [-0.39, 0.29) is 0 Å². The van der Waals surface area contributed by atoms with Gasteiger partial charge >= 0.3 is 0 Å². The van der Waals surface area contributed by atoms with Crippen molar-refractivity contribution in [2.75, 3.05) is 12.8 Å². The predicted octanol–water partition coefficient (Wildman–Crippen LogP) is 4.05. The van der Waals surface area contributed by atoms with E-state index in [4.69, 9.17) is 10.5 Å². The van der Waals surface area contributed by atoms with E-state index in [1.165, 1.54) is 10.5 Å². The molecule has 0 unspecified atom stereocenters. The van der Waals surface area contributed by atoms with E-state index in [9.17, 15) is 0 Å². The number of methoxy groups -OCH3 is 1. The van der Waals surface area contributed by atoms with E-state index >= 15 is 0 Å². The first kappa shape index (κ1) is 12.8. The highest BCUT2D eigenvalue weighted by atomic mass is 32.2. The van der Waals surface area contributed by atoms with Crippen LogP contribution in [0.15, 0.2) is 46.2 Å². The van der Waals surface area contributed by atoms with Crippen LogP contribution >= 0.6 is 11.8 Å². The molecule has 2 nitrogen and oxygen atoms in total. The first-order chi connectivity index (χ1) is 8.61. The fraction of sp³-hybridized carbons (Fsp3) is 0.200. The summed E-state index contributed by atoms with van der Waals surface area (Å²) in [4.78, 5) is 2.30. The Morgan fingerprint density at radius 1 is 1.00 bits per heavy atom. The molecule has 0 spiro atoms. The Balaban J connectivity index is 2.35. The number of nitrogens with two attached hydrogens (primary N) is 1. The zero-order valence-corrected chi connectivity index (χ0v) is 11.7. The summed E-state index contributed by atoms with van der Waals surface area (Å²) in [5.74, 6) is 0.929. The van der Waals surface area contributed by atoms with Gasteiger partial charge in [-0.15, -0.1) is 0 Å². The summed E-state index contributed by atoms with van der Waals surface area (Å²) in [5, 5.41) is 0. The van der Waals surface area contributed by atoms with Crippen molar-refractivity contribution < 1.29 is 4.74 Å². The van der Waals surface area contributed by atoms with Crippen molar-refractivity contribution in [2.45, 2.75) is 23.6 Å². The molecule has 2 aromatic rings. The summed E-state index contributed by atoms with van der Waals surface area (Å²) in [5.41, 5.74) is 9.12. The molecule has 0 saturated heterocycles. The van der Waals surface area contributed by atoms with Gasteiger partial charge in [0.2, 0.25) is 0 Å². The SMILES string of the molecule is COc1cc(C)c(Sc2ccccc2N)cc1C. The second-order valence-electron chi connectivity index (χ2n) is 4.23. The molecule has 0 atom stereocenters. The Hall–Kier alpha value is -1.61. The molecule has 0 aliphatic rings. The van der Waals surface area contributed by atoms with E-state index in [1.807, 2.05) is 24.3 Å². The smallest absolute Gasteiger partial charge is 0.122 e. The van der Waals surface area contributed by atoms with Crippen molar-refractivity contribution >= 4 is 17.4 Å². The molecule has 0 amide bonds. The van der Waals surface area contributed by atoms with Gasteiger partial charge in [-0.3, -0.25) is 0 Å². The third-order valence-corrected chi connectivity index (χ3v) is 4.08. The number of anilines is 1. The van der Waals surface area contributed by atoms with Gasteiger partial charge in [0.15, 0.2) is 0 Å². The lowest BCUT2D eigenvalue weighted by atomic mass is 10.1. The summed E-state index contributed by atoms with van der Waals surface area (Å²) in [6.07, 6.45) is 0. The first-order valence-electron chi connectivity index (χ1n) is 5.79. The minimum absolute atomic E-state index is 0.815. The molecule has 0 bridgehead atoms. The molecular weight excluding hydrogens is 242 g/mol. The van der Waals surface area contributed by atoms with Gasteiger partial charge in [0.1, 0.15) is 5.75 Å². The summed E-state index contributed by atoms with van der Waals surface area (Å²) < 4.78 is 5.32. The largest absolute Gasteiger partial charge is 0.496 e. The lowest BCUT2D eigenvalue weighted by Crippen LogP contribution is -1.91. The molecular formula is C15H17NOS. The zero-order valence-electron chi connectivity index (χ0n) is 10.9. The second kappa shape index (κ2) is 5.36. The van der Waals surface area contributed by atoms with Crippen LogP contribution in [0.25, 0.3) is 0 Å². The van der Waals surface area contributed by atoms with Gasteiger partial charge in [0.05, 0.1) is 7.11 Å². The van der Waals surface area contributed by atoms with E-state index < -0.39 is 0 Å². The van der Waals surface area contributed by atoms with Gasteiger partial charge in [0.25, 0.3) is 0 Å². The normalized spacial score (nSPS) is 10.4. The van der Waals surface area contributed by atoms with Crippen LogP contribution < -0.4 is 10.5 Å². The van der Waals surface area contributed by atoms with Gasteiger partial charge in [-0.05, 0) is 49.2 Å². The number of ether oxygens (including phenoxy) is 1. The summed E-state index contributed by atoms with van der Waals surface area (Å²) in [6, 6.07) is 12.1. The molecule has 18 heavy (non-hydrogen) atoms. The summed E-state index contributed by atoms with van der Waals surface area (Å²) in [6.45, 7) is 4.14. The molecule has 0 fully saturated rings. The van der Waals surface area contributed by atoms with Crippen LogP contribution in [0.4, 0.5) is 5.69 Å². The molecule has 3 heteroatoms. The maximum absolute atomic E-state index is 5.97. The minimum atomic E-state index is 0.815. The van der Waals surface area contributed by atoms with Crippen molar-refractivity contribution in [3.8, 4) is 5.75 Å². The average Bonchev–Trinajstić information content (AvgIpc) is 2.36. The Labute approximate surface area is 112 Å². The lowest BCUT2D eigenvalue weighted by Gasteiger charge is -2.11. The number of hydrogen-bond acceptors (Lipinski definition) is 3. The van der Waals surface area contributed by atoms with Gasteiger partial charge in [-0.2, -0.15) is 0 Å². The molecule has 2 N–H and O–H groups in total. The fourth-order valence-corrected chi connectivity index (χ4v) is 2.81. The second-order valence-corrected chi connectivity index (χ2v) is 5.31. The van der Waals surface area contributed by atoms with Crippen molar-refractivity contribution in [3.05, 3.63) is 47.5 Å². The molecule has 2 rings (SSSR count). The number of rotatable bonds is 3. The van der Waals surface area contributed by atoms with E-state index in [2.05, 4.69) is 26.0 Å². The van der Waals surface area contributed by atoms with Gasteiger partial charge in [-0.25, -0.2) is 0 Å². The number of aryl methyl sites for hydroxylation is 2. The van der Waals surface area contributed by atoms with Crippen molar-refractivity contribution in [1.29, 1.82) is 0 Å². The molecule has 2 aromatic carbocycles. The van der Waals surface area contributed by atoms with Gasteiger partial charge in [0, 0.05) is 15.5 Å². The van der Waals surface area contributed by atoms with Crippen molar-refractivity contribution in [1.82, 2.24) is 0 Å². The van der Waals surface area contributed by atoms with Crippen molar-refractivity contribution in [3.63, 3.8) is 0 Å². The molecule has 0 aliphatic carbocycles. The molecule has 0 aliphatic heterocycles. The van der Waals surface area contributed by atoms with Crippen LogP contribution in [0.3, 0.4) is 0 Å². The third-order valence-electron chi connectivity index (χ3n) is 2.83. The van der Waals surface area contributed by atoms with Gasteiger partial charge in [-0.1, -0.05) is 23.9 Å². The Kier molecular flexibility index (Phi) is 3.82. The average molecular weight is 259 g/mol. The maximum atomic E-state index is 5.97. The minimum Gasteiger partial charge on any atom is -0.496 e. The number of benzene rings is 2. The number of nitrogen functional groups attached to an aromatic ring is 1. The Morgan fingerprint density at radius 3 is 2.39 bits per heavy atom. The molecule has 0 aromatic heterocycles. The van der Waals surface area contributed by atoms with E-state index in [1.54, 1.807) is 18.9 Å². The number of hydrogen-bond donors (Lipinski definition) is 1. The predicted molar refractivity (Wildman–Crippen MR) is 77.4 cm³/mol. The molecule has 0 saturated carbocycles. The Bertz CT molecular complexity index is 566. The maximum Gasteiger partial charge on any atom is 0.122 e. The topological polar surface area (TPSA) is 35.2 Å². The highest BCUT2D eigenvalue weighted by molar-refractivity contribution is 7.99. The van der Waals surface area contributed by atoms with Crippen LogP contribution in [-0.4, -0.2) is 7.11 Å². The lowest BCUT2D eigenvalue weighted by molar-refractivity contribution is 0.411. The molecule has 0 heterocycles. The Morgan fingerprint density at radius 2 is 1.72 bits per heavy atom. The van der Waals surface area contributed by atoms with Crippen LogP contribution in [0, 0.1) is 13.8 Å². The quantitative estimate of drug-likeness (QED) is 0.845. The summed E-state index contributed by atoms with van der Waals surface area (Å²) in [7, 11) is 1.70. The van der Waals surface area contributed by atoms with Crippen LogP contribution in [0.1, 0.15) is 11.1 Å². The van der Waals surface area contributed by atoms with Crippen LogP contribution in [0.5, 0.6) is 5.75 Å². The van der Waals surface area contributed by atoms with Crippen LogP contribution in [-0.2, 0) is 0 Å². The molecule has 0 radical (unpaired) electrons. The van der Waals surface area contributed by atoms with Crippen LogP contribution in [0.2, 0.25) is 0 Å². The van der Waals surface area contributed by atoms with E-state index in [0.29, 0.717) is 0 Å². The van der Waals surface area contributed by atoms with Crippen molar-refractivity contribution in [2.24, 2.45) is 0 Å². The highest BCUT2D eigenvalue weighted by Crippen LogP contribution is 2.36. The monoisotopic (exact) mass is 259 g/mol. The molecule has 94 valence electrons. The standard InChI is InChI=1S/C15H17NOS/c1-10-9-15(11(2)8-13(10)17-3)18-14-7-5-4-6-12(14)16/h4-9H,16H2,1-3H3. The third kappa shape index (κ3) is 2.62. The first-order valence-corrected chi connectivity index (χ1v) is 6.61. The highest BCUT2D eigenvalue weighted by Gasteiger charge is 2.07. The van der Waals surface area contributed by atoms with Gasteiger partial charge < -0.3 is 10.5 Å². The number of para-hydroxylation sites is 1. The zero-order chi connectivity index (χ0) is 13.1. The fourth-order valence-electron chi connectivity index (χ4n) is 1.79.